The molecular weight excluding hydrogens is 452 g/mol. The molecule has 2 N–H and O–H groups in total. The number of amides is 1. The Morgan fingerprint density at radius 2 is 1.91 bits per heavy atom. The van der Waals surface area contributed by atoms with E-state index in [1.807, 2.05) is 30.3 Å². The molecule has 0 saturated carbocycles. The number of benzene rings is 3. The summed E-state index contributed by atoms with van der Waals surface area (Å²) in [7, 11) is -2.34. The summed E-state index contributed by atoms with van der Waals surface area (Å²) in [5.74, 6) is 0.918. The monoisotopic (exact) mass is 476 g/mol. The Morgan fingerprint density at radius 3 is 2.71 bits per heavy atom. The van der Waals surface area contributed by atoms with Gasteiger partial charge in [0, 0.05) is 23.9 Å². The van der Waals surface area contributed by atoms with E-state index in [2.05, 4.69) is 15.3 Å². The van der Waals surface area contributed by atoms with Crippen LogP contribution in [0.5, 0.6) is 5.75 Å². The SMILES string of the molecule is COc1cccc(NC(=O)[C@H]2CCCN2S(=O)(=O)c2ccc3nc(-c4ccccc4)[nH]c3c2)c1. The number of anilines is 1. The first kappa shape index (κ1) is 22.1. The quantitative estimate of drug-likeness (QED) is 0.437. The van der Waals surface area contributed by atoms with Crippen LogP contribution < -0.4 is 10.1 Å². The minimum Gasteiger partial charge on any atom is -0.497 e. The Bertz CT molecular complexity index is 1450. The maximum atomic E-state index is 13.5. The highest BCUT2D eigenvalue weighted by molar-refractivity contribution is 7.89. The Labute approximate surface area is 197 Å². The van der Waals surface area contributed by atoms with Crippen molar-refractivity contribution in [1.29, 1.82) is 0 Å². The van der Waals surface area contributed by atoms with Gasteiger partial charge in [0.25, 0.3) is 0 Å². The van der Waals surface area contributed by atoms with Crippen molar-refractivity contribution in [2.24, 2.45) is 0 Å². The number of nitrogens with zero attached hydrogens (tertiary/aromatic N) is 2. The van der Waals surface area contributed by atoms with Crippen molar-refractivity contribution in [3.63, 3.8) is 0 Å². The average molecular weight is 477 g/mol. The van der Waals surface area contributed by atoms with Crippen LogP contribution in [0.25, 0.3) is 22.4 Å². The summed E-state index contributed by atoms with van der Waals surface area (Å²) in [6, 6.07) is 20.6. The second-order valence-corrected chi connectivity index (χ2v) is 10.0. The number of nitrogens with one attached hydrogen (secondary N) is 2. The lowest BCUT2D eigenvalue weighted by Crippen LogP contribution is -2.43. The zero-order valence-electron chi connectivity index (χ0n) is 18.6. The van der Waals surface area contributed by atoms with Crippen molar-refractivity contribution < 1.29 is 17.9 Å². The van der Waals surface area contributed by atoms with Gasteiger partial charge in [0.05, 0.1) is 23.0 Å². The molecule has 5 rings (SSSR count). The molecule has 8 nitrogen and oxygen atoms in total. The second kappa shape index (κ2) is 8.92. The average Bonchev–Trinajstić information content (AvgIpc) is 3.52. The summed E-state index contributed by atoms with van der Waals surface area (Å²) in [6.07, 6.45) is 1.07. The molecule has 1 aromatic heterocycles. The fourth-order valence-corrected chi connectivity index (χ4v) is 5.92. The Kier molecular flexibility index (Phi) is 5.80. The molecule has 174 valence electrons. The van der Waals surface area contributed by atoms with Crippen molar-refractivity contribution in [1.82, 2.24) is 14.3 Å². The maximum Gasteiger partial charge on any atom is 0.243 e. The number of aromatic nitrogens is 2. The molecule has 0 unspecified atom stereocenters. The van der Waals surface area contributed by atoms with Crippen molar-refractivity contribution in [2.75, 3.05) is 19.0 Å². The van der Waals surface area contributed by atoms with Crippen molar-refractivity contribution in [3.8, 4) is 17.1 Å². The van der Waals surface area contributed by atoms with Crippen LogP contribution in [-0.4, -0.2) is 48.3 Å². The van der Waals surface area contributed by atoms with Gasteiger partial charge in [-0.2, -0.15) is 4.31 Å². The molecule has 3 aromatic carbocycles. The van der Waals surface area contributed by atoms with E-state index in [0.29, 0.717) is 41.1 Å². The van der Waals surface area contributed by atoms with Gasteiger partial charge in [0.1, 0.15) is 17.6 Å². The van der Waals surface area contributed by atoms with Gasteiger partial charge >= 0.3 is 0 Å². The molecule has 0 radical (unpaired) electrons. The summed E-state index contributed by atoms with van der Waals surface area (Å²) < 4.78 is 33.5. The second-order valence-electron chi connectivity index (χ2n) is 8.13. The van der Waals surface area contributed by atoms with E-state index in [9.17, 15) is 13.2 Å². The Hall–Kier alpha value is -3.69. The predicted octanol–water partition coefficient (Wildman–Crippen LogP) is 4.03. The minimum atomic E-state index is -3.88. The molecular formula is C25H24N4O4S. The zero-order valence-corrected chi connectivity index (χ0v) is 19.4. The lowest BCUT2D eigenvalue weighted by molar-refractivity contribution is -0.119. The van der Waals surface area contributed by atoms with Crippen molar-refractivity contribution >= 4 is 32.7 Å². The summed E-state index contributed by atoms with van der Waals surface area (Å²) in [4.78, 5) is 20.9. The molecule has 2 heterocycles. The number of imidazole rings is 1. The summed E-state index contributed by atoms with van der Waals surface area (Å²) in [6.45, 7) is 0.287. The first-order valence-electron chi connectivity index (χ1n) is 11.0. The summed E-state index contributed by atoms with van der Waals surface area (Å²) in [5, 5.41) is 2.82. The highest BCUT2D eigenvalue weighted by Crippen LogP contribution is 2.29. The van der Waals surface area contributed by atoms with Crippen LogP contribution in [0.15, 0.2) is 77.7 Å². The van der Waals surface area contributed by atoms with Gasteiger partial charge in [0.2, 0.25) is 15.9 Å². The van der Waals surface area contributed by atoms with Gasteiger partial charge in [-0.15, -0.1) is 0 Å². The lowest BCUT2D eigenvalue weighted by Gasteiger charge is -2.23. The number of H-pyrrole nitrogens is 1. The first-order valence-corrected chi connectivity index (χ1v) is 12.4. The number of rotatable bonds is 6. The molecule has 34 heavy (non-hydrogen) atoms. The van der Waals surface area contributed by atoms with E-state index >= 15 is 0 Å². The lowest BCUT2D eigenvalue weighted by atomic mass is 10.2. The molecule has 9 heteroatoms. The fraction of sp³-hybridized carbons (Fsp3) is 0.200. The van der Waals surface area contributed by atoms with Gasteiger partial charge < -0.3 is 15.0 Å². The maximum absolute atomic E-state index is 13.5. The molecule has 1 saturated heterocycles. The van der Waals surface area contributed by atoms with E-state index in [1.54, 1.807) is 49.6 Å². The fourth-order valence-electron chi connectivity index (χ4n) is 4.23. The van der Waals surface area contributed by atoms with E-state index in [1.165, 1.54) is 4.31 Å². The number of aromatic amines is 1. The van der Waals surface area contributed by atoms with Crippen LogP contribution in [0.3, 0.4) is 0 Å². The largest absolute Gasteiger partial charge is 0.497 e. The number of carbonyl (C=O) groups is 1. The summed E-state index contributed by atoms with van der Waals surface area (Å²) in [5.41, 5.74) is 2.76. The van der Waals surface area contributed by atoms with Gasteiger partial charge in [-0.3, -0.25) is 4.79 Å². The molecule has 4 aromatic rings. The van der Waals surface area contributed by atoms with Gasteiger partial charge in [-0.05, 0) is 43.2 Å². The third-order valence-corrected chi connectivity index (χ3v) is 7.85. The molecule has 0 aliphatic carbocycles. The highest BCUT2D eigenvalue weighted by atomic mass is 32.2. The van der Waals surface area contributed by atoms with E-state index < -0.39 is 16.1 Å². The third-order valence-electron chi connectivity index (χ3n) is 5.95. The number of fused-ring (bicyclic) bond motifs is 1. The predicted molar refractivity (Wildman–Crippen MR) is 130 cm³/mol. The van der Waals surface area contributed by atoms with Gasteiger partial charge in [0.15, 0.2) is 0 Å². The molecule has 1 amide bonds. The van der Waals surface area contributed by atoms with Crippen molar-refractivity contribution in [2.45, 2.75) is 23.8 Å². The molecule has 1 aliphatic rings. The number of hydrogen-bond donors (Lipinski definition) is 2. The van der Waals surface area contributed by atoms with Crippen LogP contribution >= 0.6 is 0 Å². The molecule has 0 bridgehead atoms. The van der Waals surface area contributed by atoms with Crippen molar-refractivity contribution in [3.05, 3.63) is 72.8 Å². The standard InChI is InChI=1S/C25H24N4O4S/c1-33-19-10-5-9-18(15-19)26-25(30)23-11-6-14-29(23)34(31,32)20-12-13-21-22(16-20)28-24(27-21)17-7-3-2-4-8-17/h2-5,7-10,12-13,15-16,23H,6,11,14H2,1H3,(H,26,30)(H,27,28)/t23-/m1/s1. The molecule has 1 fully saturated rings. The Balaban J connectivity index is 1.41. The van der Waals surface area contributed by atoms with E-state index in [-0.39, 0.29) is 17.3 Å². The number of hydrogen-bond acceptors (Lipinski definition) is 5. The number of methoxy groups -OCH3 is 1. The normalized spacial score (nSPS) is 16.6. The van der Waals surface area contributed by atoms with Crippen LogP contribution in [0.1, 0.15) is 12.8 Å². The number of carbonyl (C=O) groups excluding carboxylic acids is 1. The smallest absolute Gasteiger partial charge is 0.243 e. The highest BCUT2D eigenvalue weighted by Gasteiger charge is 2.39. The van der Waals surface area contributed by atoms with Crippen LogP contribution in [-0.2, 0) is 14.8 Å². The zero-order chi connectivity index (χ0) is 23.7. The summed E-state index contributed by atoms with van der Waals surface area (Å²) >= 11 is 0. The molecule has 1 atom stereocenters. The van der Waals surface area contributed by atoms with Gasteiger partial charge in [-0.25, -0.2) is 13.4 Å². The molecule has 0 spiro atoms. The third kappa shape index (κ3) is 4.15. The van der Waals surface area contributed by atoms with Gasteiger partial charge in [-0.1, -0.05) is 36.4 Å². The van der Waals surface area contributed by atoms with Crippen LogP contribution in [0.2, 0.25) is 0 Å². The topological polar surface area (TPSA) is 104 Å². The number of ether oxygens (including phenoxy) is 1. The first-order chi connectivity index (χ1) is 16.5. The molecule has 1 aliphatic heterocycles. The van der Waals surface area contributed by atoms with E-state index in [0.717, 1.165) is 5.56 Å². The minimum absolute atomic E-state index is 0.129. The van der Waals surface area contributed by atoms with Crippen LogP contribution in [0.4, 0.5) is 5.69 Å². The Morgan fingerprint density at radius 1 is 1.09 bits per heavy atom. The number of sulfonamides is 1. The van der Waals surface area contributed by atoms with Crippen LogP contribution in [0, 0.1) is 0 Å². The van der Waals surface area contributed by atoms with E-state index in [4.69, 9.17) is 4.74 Å².